The van der Waals surface area contributed by atoms with Gasteiger partial charge in [-0.15, -0.1) is 11.3 Å². The SMILES string of the molecule is COc1ccc(CNc2ncnc3c2ncn3C2CC(NC(=O)c3csc(C)n3)C2)cc1. The summed E-state index contributed by atoms with van der Waals surface area (Å²) in [5.41, 5.74) is 3.14. The summed E-state index contributed by atoms with van der Waals surface area (Å²) >= 11 is 1.48. The first-order chi connectivity index (χ1) is 15.6. The Morgan fingerprint density at radius 1 is 1.22 bits per heavy atom. The number of benzene rings is 1. The number of carbonyl (C=O) groups is 1. The largest absolute Gasteiger partial charge is 0.497 e. The number of amides is 1. The van der Waals surface area contributed by atoms with Crippen LogP contribution in [0.15, 0.2) is 42.3 Å². The molecule has 4 aromatic rings. The highest BCUT2D eigenvalue weighted by molar-refractivity contribution is 7.09. The van der Waals surface area contributed by atoms with Crippen LogP contribution in [-0.4, -0.2) is 43.6 Å². The maximum Gasteiger partial charge on any atom is 0.270 e. The summed E-state index contributed by atoms with van der Waals surface area (Å²) in [4.78, 5) is 30.0. The maximum absolute atomic E-state index is 12.3. The Kier molecular flexibility index (Phi) is 5.44. The summed E-state index contributed by atoms with van der Waals surface area (Å²) in [6, 6.07) is 8.26. The predicted molar refractivity (Wildman–Crippen MR) is 122 cm³/mol. The van der Waals surface area contributed by atoms with E-state index in [1.807, 2.05) is 37.5 Å². The third-order valence-electron chi connectivity index (χ3n) is 5.67. The van der Waals surface area contributed by atoms with Gasteiger partial charge in [0.05, 0.1) is 18.4 Å². The van der Waals surface area contributed by atoms with Crippen LogP contribution in [0, 0.1) is 6.92 Å². The van der Waals surface area contributed by atoms with Crippen molar-refractivity contribution in [1.29, 1.82) is 0 Å². The van der Waals surface area contributed by atoms with Gasteiger partial charge in [-0.2, -0.15) is 0 Å². The zero-order valence-corrected chi connectivity index (χ0v) is 18.6. The van der Waals surface area contributed by atoms with E-state index in [0.717, 1.165) is 40.3 Å². The van der Waals surface area contributed by atoms with Crippen LogP contribution in [0.2, 0.25) is 0 Å². The Labute approximate surface area is 188 Å². The highest BCUT2D eigenvalue weighted by Gasteiger charge is 2.33. The number of anilines is 1. The van der Waals surface area contributed by atoms with Crippen LogP contribution in [0.3, 0.4) is 0 Å². The van der Waals surface area contributed by atoms with E-state index in [1.165, 1.54) is 11.3 Å². The third kappa shape index (κ3) is 4.01. The Hall–Kier alpha value is -3.53. The summed E-state index contributed by atoms with van der Waals surface area (Å²) in [5.74, 6) is 1.42. The molecule has 1 fully saturated rings. The van der Waals surface area contributed by atoms with E-state index < -0.39 is 0 Å². The monoisotopic (exact) mass is 449 g/mol. The molecule has 0 atom stereocenters. The zero-order chi connectivity index (χ0) is 22.1. The van der Waals surface area contributed by atoms with Crippen LogP contribution in [0.25, 0.3) is 11.2 Å². The molecule has 1 aliphatic rings. The van der Waals surface area contributed by atoms with Gasteiger partial charge in [0.1, 0.15) is 23.3 Å². The fraction of sp³-hybridized carbons (Fsp3) is 0.318. The van der Waals surface area contributed by atoms with Crippen molar-refractivity contribution in [1.82, 2.24) is 29.8 Å². The zero-order valence-electron chi connectivity index (χ0n) is 17.8. The van der Waals surface area contributed by atoms with Crippen molar-refractivity contribution in [3.05, 3.63) is 58.6 Å². The Bertz CT molecular complexity index is 1240. The standard InChI is InChI=1S/C22H23N7O2S/c1-13-27-18(10-32-13)22(30)28-15-7-16(8-15)29-12-26-19-20(24-11-25-21(19)29)23-9-14-3-5-17(31-2)6-4-14/h3-6,10-12,15-16H,7-9H2,1-2H3,(H,28,30)(H,23,24,25). The van der Waals surface area contributed by atoms with E-state index in [2.05, 4.69) is 35.1 Å². The second kappa shape index (κ2) is 8.54. The molecule has 5 rings (SSSR count). The number of carbonyl (C=O) groups excluding carboxylic acids is 1. The summed E-state index contributed by atoms with van der Waals surface area (Å²) in [6.07, 6.45) is 5.03. The molecule has 1 aliphatic carbocycles. The number of nitrogens with one attached hydrogen (secondary N) is 2. The van der Waals surface area contributed by atoms with Crippen LogP contribution in [0.4, 0.5) is 5.82 Å². The van der Waals surface area contributed by atoms with Gasteiger partial charge >= 0.3 is 0 Å². The van der Waals surface area contributed by atoms with Gasteiger partial charge in [-0.05, 0) is 37.5 Å². The first kappa shape index (κ1) is 20.4. The molecular formula is C22H23N7O2S. The number of nitrogens with zero attached hydrogens (tertiary/aromatic N) is 5. The normalized spacial score (nSPS) is 17.7. The lowest BCUT2D eigenvalue weighted by Gasteiger charge is -2.36. The number of thiazole rings is 1. The minimum atomic E-state index is -0.111. The molecule has 1 saturated carbocycles. The molecule has 0 aliphatic heterocycles. The van der Waals surface area contributed by atoms with Crippen molar-refractivity contribution in [2.45, 2.75) is 38.4 Å². The second-order valence-electron chi connectivity index (χ2n) is 7.80. The van der Waals surface area contributed by atoms with Crippen LogP contribution in [0.5, 0.6) is 5.75 Å². The molecule has 2 N–H and O–H groups in total. The molecule has 0 spiro atoms. The number of rotatable bonds is 7. The van der Waals surface area contributed by atoms with Gasteiger partial charge in [0.25, 0.3) is 5.91 Å². The minimum absolute atomic E-state index is 0.111. The van der Waals surface area contributed by atoms with Gasteiger partial charge in [-0.25, -0.2) is 19.9 Å². The number of hydrogen-bond donors (Lipinski definition) is 2. The van der Waals surface area contributed by atoms with E-state index >= 15 is 0 Å². The van der Waals surface area contributed by atoms with Crippen molar-refractivity contribution in [3.63, 3.8) is 0 Å². The molecule has 0 bridgehead atoms. The van der Waals surface area contributed by atoms with Crippen molar-refractivity contribution < 1.29 is 9.53 Å². The molecule has 1 aromatic carbocycles. The van der Waals surface area contributed by atoms with E-state index in [0.29, 0.717) is 18.1 Å². The fourth-order valence-electron chi connectivity index (χ4n) is 3.84. The van der Waals surface area contributed by atoms with Crippen molar-refractivity contribution >= 4 is 34.2 Å². The maximum atomic E-state index is 12.3. The molecular weight excluding hydrogens is 426 g/mol. The average molecular weight is 450 g/mol. The van der Waals surface area contributed by atoms with Gasteiger partial charge in [-0.1, -0.05) is 12.1 Å². The fourth-order valence-corrected chi connectivity index (χ4v) is 4.43. The second-order valence-corrected chi connectivity index (χ2v) is 8.86. The lowest BCUT2D eigenvalue weighted by atomic mass is 9.86. The van der Waals surface area contributed by atoms with Crippen molar-refractivity contribution in [2.75, 3.05) is 12.4 Å². The molecule has 164 valence electrons. The number of aryl methyl sites for hydroxylation is 1. The molecule has 1 amide bonds. The smallest absolute Gasteiger partial charge is 0.270 e. The summed E-state index contributed by atoms with van der Waals surface area (Å²) in [5, 5.41) is 9.10. The number of ether oxygens (including phenoxy) is 1. The molecule has 32 heavy (non-hydrogen) atoms. The molecule has 10 heteroatoms. The van der Waals surface area contributed by atoms with Gasteiger partial charge < -0.3 is 19.9 Å². The topological polar surface area (TPSA) is 107 Å². The van der Waals surface area contributed by atoms with Gasteiger partial charge in [0.15, 0.2) is 11.5 Å². The molecule has 3 heterocycles. The van der Waals surface area contributed by atoms with E-state index in [9.17, 15) is 4.79 Å². The molecule has 9 nitrogen and oxygen atoms in total. The van der Waals surface area contributed by atoms with Gasteiger partial charge in [0, 0.05) is 24.0 Å². The molecule has 0 radical (unpaired) electrons. The predicted octanol–water partition coefficient (Wildman–Crippen LogP) is 3.35. The van der Waals surface area contributed by atoms with E-state index in [4.69, 9.17) is 4.74 Å². The number of fused-ring (bicyclic) bond motifs is 1. The lowest BCUT2D eigenvalue weighted by Crippen LogP contribution is -2.45. The number of hydrogen-bond acceptors (Lipinski definition) is 8. The van der Waals surface area contributed by atoms with Gasteiger partial charge in [0.2, 0.25) is 0 Å². The van der Waals surface area contributed by atoms with Crippen LogP contribution < -0.4 is 15.4 Å². The molecule has 0 saturated heterocycles. The Morgan fingerprint density at radius 3 is 2.75 bits per heavy atom. The summed E-state index contributed by atoms with van der Waals surface area (Å²) in [7, 11) is 1.65. The lowest BCUT2D eigenvalue weighted by molar-refractivity contribution is 0.0890. The Balaban J connectivity index is 1.23. The third-order valence-corrected chi connectivity index (χ3v) is 6.44. The Morgan fingerprint density at radius 2 is 2.03 bits per heavy atom. The minimum Gasteiger partial charge on any atom is -0.497 e. The van der Waals surface area contributed by atoms with E-state index in [1.54, 1.807) is 18.8 Å². The number of imidazole rings is 1. The first-order valence-electron chi connectivity index (χ1n) is 10.4. The highest BCUT2D eigenvalue weighted by Crippen LogP contribution is 2.35. The summed E-state index contributed by atoms with van der Waals surface area (Å²) < 4.78 is 7.28. The van der Waals surface area contributed by atoms with Crippen LogP contribution in [-0.2, 0) is 6.54 Å². The highest BCUT2D eigenvalue weighted by atomic mass is 32.1. The first-order valence-corrected chi connectivity index (χ1v) is 11.3. The number of aromatic nitrogens is 5. The van der Waals surface area contributed by atoms with Crippen LogP contribution in [0.1, 0.15) is 39.9 Å². The van der Waals surface area contributed by atoms with Crippen LogP contribution >= 0.6 is 11.3 Å². The number of methoxy groups -OCH3 is 1. The quantitative estimate of drug-likeness (QED) is 0.446. The van der Waals surface area contributed by atoms with E-state index in [-0.39, 0.29) is 18.0 Å². The van der Waals surface area contributed by atoms with Crippen molar-refractivity contribution in [2.24, 2.45) is 0 Å². The van der Waals surface area contributed by atoms with Gasteiger partial charge in [-0.3, -0.25) is 4.79 Å². The summed E-state index contributed by atoms with van der Waals surface area (Å²) in [6.45, 7) is 2.52. The molecule has 0 unspecified atom stereocenters. The molecule has 3 aromatic heterocycles. The van der Waals surface area contributed by atoms with Crippen molar-refractivity contribution in [3.8, 4) is 5.75 Å². The average Bonchev–Trinajstić information content (AvgIpc) is 3.41.